The van der Waals surface area contributed by atoms with E-state index in [4.69, 9.17) is 21.1 Å². The molecule has 0 atom stereocenters. The van der Waals surface area contributed by atoms with Gasteiger partial charge in [0, 0.05) is 16.8 Å². The second-order valence-electron chi connectivity index (χ2n) is 7.18. The quantitative estimate of drug-likeness (QED) is 0.534. The van der Waals surface area contributed by atoms with Gasteiger partial charge in [-0.1, -0.05) is 41.9 Å². The number of ether oxygens (including phenoxy) is 2. The summed E-state index contributed by atoms with van der Waals surface area (Å²) < 4.78 is 10.7. The third-order valence-corrected chi connectivity index (χ3v) is 5.46. The molecule has 1 aliphatic rings. The Balaban J connectivity index is 1.86. The SMILES string of the molecule is COc1ccc(OC)c(N2C(=O)C(Nc3ccc(Cl)cc3C)=C(c3ccccc3)C2=O)c1. The average Bonchev–Trinajstić information content (AvgIpc) is 3.04. The van der Waals surface area contributed by atoms with Crippen molar-refractivity contribution >= 4 is 40.4 Å². The number of carbonyl (C=O) groups is 2. The first kappa shape index (κ1) is 21.5. The van der Waals surface area contributed by atoms with Crippen LogP contribution in [0.2, 0.25) is 5.02 Å². The smallest absolute Gasteiger partial charge is 0.282 e. The molecule has 6 nitrogen and oxygen atoms in total. The molecule has 0 aliphatic carbocycles. The molecule has 4 rings (SSSR count). The van der Waals surface area contributed by atoms with Crippen LogP contribution >= 0.6 is 11.6 Å². The van der Waals surface area contributed by atoms with Crippen LogP contribution in [0.15, 0.2) is 72.4 Å². The summed E-state index contributed by atoms with van der Waals surface area (Å²) in [6.07, 6.45) is 0. The Morgan fingerprint density at radius 3 is 2.28 bits per heavy atom. The number of aryl methyl sites for hydroxylation is 1. The number of benzene rings is 3. The number of amides is 2. The number of halogens is 1. The lowest BCUT2D eigenvalue weighted by Gasteiger charge is -2.19. The molecule has 0 aromatic heterocycles. The van der Waals surface area contributed by atoms with E-state index in [0.717, 1.165) is 10.5 Å². The minimum absolute atomic E-state index is 0.177. The Kier molecular flexibility index (Phi) is 5.88. The topological polar surface area (TPSA) is 67.9 Å². The summed E-state index contributed by atoms with van der Waals surface area (Å²) in [6, 6.07) is 19.3. The number of nitrogens with zero attached hydrogens (tertiary/aromatic N) is 1. The van der Waals surface area contributed by atoms with Crippen molar-refractivity contribution in [3.05, 3.63) is 88.6 Å². The van der Waals surface area contributed by atoms with Crippen molar-refractivity contribution in [2.75, 3.05) is 24.4 Å². The molecule has 0 spiro atoms. The summed E-state index contributed by atoms with van der Waals surface area (Å²) in [5.74, 6) is -0.0712. The monoisotopic (exact) mass is 448 g/mol. The van der Waals surface area contributed by atoms with E-state index in [1.165, 1.54) is 14.2 Å². The predicted octanol–water partition coefficient (Wildman–Crippen LogP) is 5.06. The lowest BCUT2D eigenvalue weighted by atomic mass is 10.0. The maximum atomic E-state index is 13.6. The van der Waals surface area contributed by atoms with E-state index in [9.17, 15) is 9.59 Å². The molecule has 2 amide bonds. The van der Waals surface area contributed by atoms with Gasteiger partial charge in [0.15, 0.2) is 0 Å². The molecule has 1 heterocycles. The zero-order valence-electron chi connectivity index (χ0n) is 17.8. The van der Waals surface area contributed by atoms with Crippen LogP contribution in [0.25, 0.3) is 5.57 Å². The van der Waals surface area contributed by atoms with Gasteiger partial charge in [0.1, 0.15) is 17.2 Å². The normalized spacial score (nSPS) is 13.6. The summed E-state index contributed by atoms with van der Waals surface area (Å²) in [5, 5.41) is 3.75. The van der Waals surface area contributed by atoms with E-state index in [1.807, 2.05) is 25.1 Å². The molecule has 162 valence electrons. The van der Waals surface area contributed by atoms with Crippen molar-refractivity contribution in [3.63, 3.8) is 0 Å². The summed E-state index contributed by atoms with van der Waals surface area (Å²) in [4.78, 5) is 28.3. The minimum Gasteiger partial charge on any atom is -0.497 e. The number of methoxy groups -OCH3 is 2. The molecule has 7 heteroatoms. The largest absolute Gasteiger partial charge is 0.497 e. The zero-order valence-corrected chi connectivity index (χ0v) is 18.6. The lowest BCUT2D eigenvalue weighted by Crippen LogP contribution is -2.32. The van der Waals surface area contributed by atoms with E-state index in [2.05, 4.69) is 5.32 Å². The van der Waals surface area contributed by atoms with Gasteiger partial charge in [-0.2, -0.15) is 0 Å². The van der Waals surface area contributed by atoms with Gasteiger partial charge in [-0.05, 0) is 48.4 Å². The Morgan fingerprint density at radius 1 is 0.875 bits per heavy atom. The molecule has 0 bridgehead atoms. The Hall–Kier alpha value is -3.77. The molecular formula is C25H21ClN2O4. The van der Waals surface area contributed by atoms with Gasteiger partial charge in [-0.3, -0.25) is 9.59 Å². The molecule has 32 heavy (non-hydrogen) atoms. The van der Waals surface area contributed by atoms with Crippen LogP contribution in [0.3, 0.4) is 0 Å². The first-order valence-electron chi connectivity index (χ1n) is 9.88. The van der Waals surface area contributed by atoms with E-state index in [1.54, 1.807) is 48.5 Å². The number of hydrogen-bond acceptors (Lipinski definition) is 5. The van der Waals surface area contributed by atoms with Crippen LogP contribution < -0.4 is 19.7 Å². The third-order valence-electron chi connectivity index (χ3n) is 5.22. The van der Waals surface area contributed by atoms with Gasteiger partial charge >= 0.3 is 0 Å². The first-order valence-corrected chi connectivity index (χ1v) is 10.3. The maximum absolute atomic E-state index is 13.6. The number of nitrogens with one attached hydrogen (secondary N) is 1. The molecule has 3 aromatic rings. The number of anilines is 2. The maximum Gasteiger partial charge on any atom is 0.282 e. The zero-order chi connectivity index (χ0) is 22.8. The highest BCUT2D eigenvalue weighted by molar-refractivity contribution is 6.46. The lowest BCUT2D eigenvalue weighted by molar-refractivity contribution is -0.120. The van der Waals surface area contributed by atoms with E-state index < -0.39 is 11.8 Å². The van der Waals surface area contributed by atoms with E-state index >= 15 is 0 Å². The van der Waals surface area contributed by atoms with Gasteiger partial charge < -0.3 is 14.8 Å². The fourth-order valence-electron chi connectivity index (χ4n) is 3.61. The highest BCUT2D eigenvalue weighted by Gasteiger charge is 2.41. The average molecular weight is 449 g/mol. The van der Waals surface area contributed by atoms with Gasteiger partial charge in [0.05, 0.1) is 25.5 Å². The first-order chi connectivity index (χ1) is 15.4. The molecular weight excluding hydrogens is 428 g/mol. The van der Waals surface area contributed by atoms with Crippen molar-refractivity contribution in [2.45, 2.75) is 6.92 Å². The molecule has 0 saturated carbocycles. The summed E-state index contributed by atoms with van der Waals surface area (Å²) in [6.45, 7) is 1.88. The Bertz CT molecular complexity index is 1240. The van der Waals surface area contributed by atoms with Crippen LogP contribution in [0.5, 0.6) is 11.5 Å². The minimum atomic E-state index is -0.491. The van der Waals surface area contributed by atoms with Crippen molar-refractivity contribution in [1.29, 1.82) is 0 Å². The summed E-state index contributed by atoms with van der Waals surface area (Å²) in [7, 11) is 3.00. The van der Waals surface area contributed by atoms with Gasteiger partial charge in [-0.25, -0.2) is 4.90 Å². The second kappa shape index (κ2) is 8.77. The standard InChI is InChI=1S/C25H21ClN2O4/c1-15-13-17(26)9-11-19(15)27-23-22(16-7-5-4-6-8-16)24(29)28(25(23)30)20-14-18(31-2)10-12-21(20)32-3/h4-14,27H,1-3H3. The van der Waals surface area contributed by atoms with Gasteiger partial charge in [0.2, 0.25) is 0 Å². The third kappa shape index (κ3) is 3.81. The van der Waals surface area contributed by atoms with E-state index in [0.29, 0.717) is 33.5 Å². The number of imide groups is 1. The molecule has 3 aromatic carbocycles. The highest BCUT2D eigenvalue weighted by atomic mass is 35.5. The Morgan fingerprint density at radius 2 is 1.62 bits per heavy atom. The van der Waals surface area contributed by atoms with Crippen molar-refractivity contribution < 1.29 is 19.1 Å². The summed E-state index contributed by atoms with van der Waals surface area (Å²) >= 11 is 6.08. The predicted molar refractivity (Wildman–Crippen MR) is 125 cm³/mol. The molecule has 1 aliphatic heterocycles. The van der Waals surface area contributed by atoms with Crippen molar-refractivity contribution in [1.82, 2.24) is 0 Å². The van der Waals surface area contributed by atoms with Crippen LogP contribution in [0.1, 0.15) is 11.1 Å². The van der Waals surface area contributed by atoms with Crippen LogP contribution in [-0.4, -0.2) is 26.0 Å². The summed E-state index contributed by atoms with van der Waals surface area (Å²) in [5.41, 5.74) is 2.91. The number of rotatable bonds is 6. The fourth-order valence-corrected chi connectivity index (χ4v) is 3.84. The van der Waals surface area contributed by atoms with Crippen LogP contribution in [-0.2, 0) is 9.59 Å². The number of hydrogen-bond donors (Lipinski definition) is 1. The molecule has 0 saturated heterocycles. The van der Waals surface area contributed by atoms with E-state index in [-0.39, 0.29) is 11.3 Å². The van der Waals surface area contributed by atoms with Gasteiger partial charge in [0.25, 0.3) is 11.8 Å². The van der Waals surface area contributed by atoms with Crippen LogP contribution in [0.4, 0.5) is 11.4 Å². The molecule has 0 unspecified atom stereocenters. The van der Waals surface area contributed by atoms with Crippen molar-refractivity contribution in [2.24, 2.45) is 0 Å². The number of carbonyl (C=O) groups excluding carboxylic acids is 2. The second-order valence-corrected chi connectivity index (χ2v) is 7.62. The molecule has 0 radical (unpaired) electrons. The van der Waals surface area contributed by atoms with Gasteiger partial charge in [-0.15, -0.1) is 0 Å². The highest BCUT2D eigenvalue weighted by Crippen LogP contribution is 2.39. The fraction of sp³-hybridized carbons (Fsp3) is 0.120. The van der Waals surface area contributed by atoms with Crippen LogP contribution in [0, 0.1) is 6.92 Å². The molecule has 1 N–H and O–H groups in total. The molecule has 0 fully saturated rings. The Labute approximate surface area is 191 Å². The van der Waals surface area contributed by atoms with Crippen molar-refractivity contribution in [3.8, 4) is 11.5 Å².